The lowest BCUT2D eigenvalue weighted by molar-refractivity contribution is -0.117. The van der Waals surface area contributed by atoms with Gasteiger partial charge in [0.15, 0.2) is 11.5 Å². The second-order valence-corrected chi connectivity index (χ2v) is 9.75. The van der Waals surface area contributed by atoms with Crippen LogP contribution in [0, 0.1) is 0 Å². The van der Waals surface area contributed by atoms with Gasteiger partial charge in [-0.15, -0.1) is 6.58 Å². The van der Waals surface area contributed by atoms with E-state index in [1.807, 2.05) is 71.6 Å². The first-order valence-corrected chi connectivity index (χ1v) is 13.4. The number of anilines is 1. The van der Waals surface area contributed by atoms with Crippen LogP contribution in [-0.4, -0.2) is 42.8 Å². The van der Waals surface area contributed by atoms with Crippen LogP contribution in [0.15, 0.2) is 79.4 Å². The molecule has 3 aromatic carbocycles. The normalized spacial score (nSPS) is 15.1. The zero-order chi connectivity index (χ0) is 27.2. The molecule has 7 heteroatoms. The zero-order valence-electron chi connectivity index (χ0n) is 22.6. The van der Waals surface area contributed by atoms with Crippen LogP contribution in [0.25, 0.3) is 11.0 Å². The fourth-order valence-corrected chi connectivity index (χ4v) is 5.21. The molecule has 5 rings (SSSR count). The third-order valence-electron chi connectivity index (χ3n) is 7.20. The Balaban J connectivity index is 1.25. The predicted molar refractivity (Wildman–Crippen MR) is 154 cm³/mol. The lowest BCUT2D eigenvalue weighted by atomic mass is 10.1. The van der Waals surface area contributed by atoms with Crippen LogP contribution in [-0.2, 0) is 17.8 Å². The van der Waals surface area contributed by atoms with E-state index in [1.54, 1.807) is 14.2 Å². The van der Waals surface area contributed by atoms with Gasteiger partial charge in [0.05, 0.1) is 31.9 Å². The molecule has 0 aliphatic carbocycles. The molecule has 1 fully saturated rings. The predicted octanol–water partition coefficient (Wildman–Crippen LogP) is 6.16. The largest absolute Gasteiger partial charge is 0.497 e. The molecule has 0 radical (unpaired) electrons. The van der Waals surface area contributed by atoms with Crippen molar-refractivity contribution in [3.8, 4) is 17.2 Å². The Hall–Kier alpha value is -4.26. The summed E-state index contributed by atoms with van der Waals surface area (Å²) in [5, 5.41) is 0. The molecule has 1 unspecified atom stereocenters. The minimum atomic E-state index is 0.0293. The van der Waals surface area contributed by atoms with Crippen LogP contribution in [0.1, 0.15) is 36.6 Å². The summed E-state index contributed by atoms with van der Waals surface area (Å²) in [5.41, 5.74) is 4.09. The van der Waals surface area contributed by atoms with Crippen molar-refractivity contribution >= 4 is 22.6 Å². The van der Waals surface area contributed by atoms with Crippen molar-refractivity contribution in [2.75, 3.05) is 32.3 Å². The van der Waals surface area contributed by atoms with Crippen molar-refractivity contribution in [2.45, 2.75) is 38.1 Å². The molecule has 1 atom stereocenters. The highest BCUT2D eigenvalue weighted by Gasteiger charge is 2.34. The maximum absolute atomic E-state index is 13.0. The minimum absolute atomic E-state index is 0.0293. The van der Waals surface area contributed by atoms with Gasteiger partial charge >= 0.3 is 0 Å². The van der Waals surface area contributed by atoms with Gasteiger partial charge in [-0.3, -0.25) is 4.79 Å². The Labute approximate surface area is 229 Å². The molecule has 202 valence electrons. The van der Waals surface area contributed by atoms with E-state index >= 15 is 0 Å². The number of nitrogens with zero attached hydrogens (tertiary/aromatic N) is 3. The first-order valence-electron chi connectivity index (χ1n) is 13.4. The summed E-state index contributed by atoms with van der Waals surface area (Å²) in [4.78, 5) is 19.9. The molecule has 1 aromatic heterocycles. The summed E-state index contributed by atoms with van der Waals surface area (Å²) in [5.74, 6) is 3.38. The number of allylic oxidation sites excluding steroid dienone is 1. The molecule has 4 aromatic rings. The van der Waals surface area contributed by atoms with Gasteiger partial charge in [-0.25, -0.2) is 4.98 Å². The standard InChI is InChI=1S/C32H35N3O4/c1-4-9-23-12-17-29(30(20-23)38-3)39-19-8-7-18-34-28-11-6-5-10-27(28)33-32(34)24-21-31(36)35(22-24)25-13-15-26(37-2)16-14-25/h4-6,10-17,20,24H,1,7-9,18-19,21-22H2,2-3H3. The maximum atomic E-state index is 13.0. The molecule has 0 spiro atoms. The molecule has 0 bridgehead atoms. The fourth-order valence-electron chi connectivity index (χ4n) is 5.21. The number of rotatable bonds is 12. The van der Waals surface area contributed by atoms with E-state index in [4.69, 9.17) is 19.2 Å². The zero-order valence-corrected chi connectivity index (χ0v) is 22.6. The van der Waals surface area contributed by atoms with Crippen molar-refractivity contribution < 1.29 is 19.0 Å². The van der Waals surface area contributed by atoms with Gasteiger partial charge in [-0.05, 0) is 73.4 Å². The quantitative estimate of drug-likeness (QED) is 0.164. The molecule has 1 aliphatic heterocycles. The highest BCUT2D eigenvalue weighted by Crippen LogP contribution is 2.34. The van der Waals surface area contributed by atoms with Crippen LogP contribution in [0.3, 0.4) is 0 Å². The molecular weight excluding hydrogens is 490 g/mol. The Bertz CT molecular complexity index is 1440. The van der Waals surface area contributed by atoms with E-state index < -0.39 is 0 Å². The van der Waals surface area contributed by atoms with E-state index in [0.717, 1.165) is 71.2 Å². The number of methoxy groups -OCH3 is 2. The Kier molecular flexibility index (Phi) is 8.16. The van der Waals surface area contributed by atoms with Crippen molar-refractivity contribution in [1.29, 1.82) is 0 Å². The number of benzene rings is 3. The first kappa shape index (κ1) is 26.4. The van der Waals surface area contributed by atoms with Gasteiger partial charge in [0.1, 0.15) is 11.6 Å². The third-order valence-corrected chi connectivity index (χ3v) is 7.20. The number of para-hydroxylation sites is 2. The number of imidazole rings is 1. The number of hydrogen-bond donors (Lipinski definition) is 0. The SMILES string of the molecule is C=CCc1ccc(OCCCCn2c(C3CC(=O)N(c4ccc(OC)cc4)C3)nc3ccccc32)c(OC)c1. The van der Waals surface area contributed by atoms with E-state index in [-0.39, 0.29) is 11.8 Å². The number of amides is 1. The Morgan fingerprint density at radius 3 is 2.59 bits per heavy atom. The van der Waals surface area contributed by atoms with Crippen LogP contribution in [0.2, 0.25) is 0 Å². The second-order valence-electron chi connectivity index (χ2n) is 9.75. The lowest BCUT2D eigenvalue weighted by Crippen LogP contribution is -2.24. The summed E-state index contributed by atoms with van der Waals surface area (Å²) in [7, 11) is 3.30. The van der Waals surface area contributed by atoms with Crippen molar-refractivity contribution in [3.05, 3.63) is 90.8 Å². The Morgan fingerprint density at radius 2 is 1.82 bits per heavy atom. The number of unbranched alkanes of at least 4 members (excludes halogenated alkanes) is 1. The van der Waals surface area contributed by atoms with E-state index in [9.17, 15) is 4.79 Å². The van der Waals surface area contributed by atoms with Crippen LogP contribution < -0.4 is 19.1 Å². The molecule has 1 saturated heterocycles. The van der Waals surface area contributed by atoms with E-state index in [0.29, 0.717) is 19.6 Å². The van der Waals surface area contributed by atoms with Gasteiger partial charge in [0, 0.05) is 31.1 Å². The average molecular weight is 526 g/mol. The maximum Gasteiger partial charge on any atom is 0.227 e. The van der Waals surface area contributed by atoms with E-state index in [1.165, 1.54) is 0 Å². The van der Waals surface area contributed by atoms with Crippen LogP contribution in [0.5, 0.6) is 17.2 Å². The lowest BCUT2D eigenvalue weighted by Gasteiger charge is -2.18. The highest BCUT2D eigenvalue weighted by molar-refractivity contribution is 5.96. The molecule has 2 heterocycles. The van der Waals surface area contributed by atoms with Crippen molar-refractivity contribution in [1.82, 2.24) is 9.55 Å². The first-order chi connectivity index (χ1) is 19.1. The minimum Gasteiger partial charge on any atom is -0.497 e. The molecule has 1 aliphatic rings. The molecule has 0 N–H and O–H groups in total. The van der Waals surface area contributed by atoms with Gasteiger partial charge in [-0.1, -0.05) is 24.3 Å². The number of aryl methyl sites for hydroxylation is 1. The summed E-state index contributed by atoms with van der Waals surface area (Å²) in [6.07, 6.45) is 4.92. The molecule has 1 amide bonds. The number of aromatic nitrogens is 2. The average Bonchev–Trinajstić information content (AvgIpc) is 3.54. The fraction of sp³-hybridized carbons (Fsp3) is 0.312. The van der Waals surface area contributed by atoms with Crippen LogP contribution >= 0.6 is 0 Å². The van der Waals surface area contributed by atoms with Gasteiger partial charge in [0.25, 0.3) is 0 Å². The second kappa shape index (κ2) is 12.1. The summed E-state index contributed by atoms with van der Waals surface area (Å²) >= 11 is 0. The number of fused-ring (bicyclic) bond motifs is 1. The molecular formula is C32H35N3O4. The number of hydrogen-bond acceptors (Lipinski definition) is 5. The monoisotopic (exact) mass is 525 g/mol. The van der Waals surface area contributed by atoms with Crippen LogP contribution in [0.4, 0.5) is 5.69 Å². The molecule has 39 heavy (non-hydrogen) atoms. The smallest absolute Gasteiger partial charge is 0.227 e. The topological polar surface area (TPSA) is 65.8 Å². The summed E-state index contributed by atoms with van der Waals surface area (Å²) in [6.45, 7) is 5.81. The van der Waals surface area contributed by atoms with Gasteiger partial charge in [-0.2, -0.15) is 0 Å². The molecule has 0 saturated carbocycles. The molecule has 7 nitrogen and oxygen atoms in total. The summed E-state index contributed by atoms with van der Waals surface area (Å²) < 4.78 is 19.1. The third kappa shape index (κ3) is 5.77. The number of carbonyl (C=O) groups excluding carboxylic acids is 1. The Morgan fingerprint density at radius 1 is 1.00 bits per heavy atom. The van der Waals surface area contributed by atoms with E-state index in [2.05, 4.69) is 17.2 Å². The summed E-state index contributed by atoms with van der Waals surface area (Å²) in [6, 6.07) is 21.8. The highest BCUT2D eigenvalue weighted by atomic mass is 16.5. The van der Waals surface area contributed by atoms with Gasteiger partial charge < -0.3 is 23.7 Å². The van der Waals surface area contributed by atoms with Gasteiger partial charge in [0.2, 0.25) is 5.91 Å². The number of carbonyl (C=O) groups is 1. The van der Waals surface area contributed by atoms with Crippen molar-refractivity contribution in [2.24, 2.45) is 0 Å². The van der Waals surface area contributed by atoms with Crippen molar-refractivity contribution in [3.63, 3.8) is 0 Å². The number of ether oxygens (including phenoxy) is 3.